The number of amides is 1. The minimum absolute atomic E-state index is 0.121. The van der Waals surface area contributed by atoms with Crippen LogP contribution in [-0.2, 0) is 4.79 Å². The third kappa shape index (κ3) is 5.24. The van der Waals surface area contributed by atoms with Crippen molar-refractivity contribution in [3.05, 3.63) is 116 Å². The molecule has 0 aliphatic carbocycles. The van der Waals surface area contributed by atoms with Gasteiger partial charge < -0.3 is 10.1 Å². The van der Waals surface area contributed by atoms with E-state index in [0.29, 0.717) is 16.0 Å². The summed E-state index contributed by atoms with van der Waals surface area (Å²) in [5, 5.41) is 12.9. The number of nitrogens with zero attached hydrogens (tertiary/aromatic N) is 2. The van der Waals surface area contributed by atoms with Crippen molar-refractivity contribution in [2.45, 2.75) is 13.0 Å². The highest BCUT2D eigenvalue weighted by molar-refractivity contribution is 7.07. The number of benzene rings is 3. The smallest absolute Gasteiger partial charge is 0.273 e. The van der Waals surface area contributed by atoms with E-state index in [1.165, 1.54) is 4.57 Å². The first-order valence-electron chi connectivity index (χ1n) is 10.9. The maximum atomic E-state index is 13.5. The Hall–Kier alpha value is -4.41. The van der Waals surface area contributed by atoms with E-state index in [1.54, 1.807) is 37.5 Å². The average molecular weight is 482 g/mol. The second-order valence-electron chi connectivity index (χ2n) is 7.76. The largest absolute Gasteiger partial charge is 0.497 e. The van der Waals surface area contributed by atoms with Crippen molar-refractivity contribution in [1.29, 1.82) is 5.26 Å². The summed E-state index contributed by atoms with van der Waals surface area (Å²) in [4.78, 5) is 26.7. The van der Waals surface area contributed by atoms with Gasteiger partial charge in [-0.2, -0.15) is 5.26 Å². The molecule has 0 aliphatic rings. The van der Waals surface area contributed by atoms with Gasteiger partial charge in [-0.1, -0.05) is 60.7 Å². The first kappa shape index (κ1) is 23.7. The number of nitriles is 1. The van der Waals surface area contributed by atoms with Crippen LogP contribution < -0.4 is 24.8 Å². The molecule has 174 valence electrons. The second kappa shape index (κ2) is 10.7. The molecule has 1 aromatic heterocycles. The van der Waals surface area contributed by atoms with Crippen molar-refractivity contribution < 1.29 is 9.53 Å². The molecular formula is C28H23N3O3S. The summed E-state index contributed by atoms with van der Waals surface area (Å²) in [6.07, 6.45) is 1.73. The molecule has 1 amide bonds. The van der Waals surface area contributed by atoms with E-state index in [-0.39, 0.29) is 21.8 Å². The van der Waals surface area contributed by atoms with Gasteiger partial charge in [0.05, 0.1) is 23.4 Å². The number of rotatable bonds is 6. The fourth-order valence-electron chi connectivity index (χ4n) is 3.63. The Labute approximate surface area is 206 Å². The molecule has 7 heteroatoms. The van der Waals surface area contributed by atoms with Gasteiger partial charge in [0.15, 0.2) is 5.57 Å². The zero-order valence-electron chi connectivity index (χ0n) is 19.3. The van der Waals surface area contributed by atoms with Gasteiger partial charge >= 0.3 is 0 Å². The van der Waals surface area contributed by atoms with Crippen LogP contribution in [-0.4, -0.2) is 17.6 Å². The summed E-state index contributed by atoms with van der Waals surface area (Å²) in [5.41, 5.74) is 1.83. The molecule has 0 aliphatic heterocycles. The fraction of sp³-hybridized carbons (Fsp3) is 0.107. The van der Waals surface area contributed by atoms with Crippen molar-refractivity contribution in [1.82, 2.24) is 9.88 Å². The topological polar surface area (TPSA) is 84.1 Å². The van der Waals surface area contributed by atoms with Crippen LogP contribution in [0.2, 0.25) is 0 Å². The maximum absolute atomic E-state index is 13.5. The van der Waals surface area contributed by atoms with E-state index < -0.39 is 5.91 Å². The van der Waals surface area contributed by atoms with E-state index in [0.717, 1.165) is 22.5 Å². The molecular weight excluding hydrogens is 458 g/mol. The highest BCUT2D eigenvalue weighted by atomic mass is 32.1. The van der Waals surface area contributed by atoms with Gasteiger partial charge in [-0.05, 0) is 48.4 Å². The van der Waals surface area contributed by atoms with Crippen LogP contribution in [0.5, 0.6) is 5.75 Å². The van der Waals surface area contributed by atoms with E-state index in [1.807, 2.05) is 73.7 Å². The maximum Gasteiger partial charge on any atom is 0.273 e. The number of methoxy groups -OCH3 is 1. The van der Waals surface area contributed by atoms with Gasteiger partial charge in [0, 0.05) is 0 Å². The van der Waals surface area contributed by atoms with Gasteiger partial charge in [-0.3, -0.25) is 14.2 Å². The number of hydrogen-bond donors (Lipinski definition) is 1. The number of para-hydroxylation sites is 1. The zero-order valence-corrected chi connectivity index (χ0v) is 20.1. The van der Waals surface area contributed by atoms with Gasteiger partial charge in [-0.25, -0.2) is 0 Å². The van der Waals surface area contributed by atoms with Crippen molar-refractivity contribution in [2.24, 2.45) is 0 Å². The molecule has 0 saturated heterocycles. The molecule has 6 nitrogen and oxygen atoms in total. The highest BCUT2D eigenvalue weighted by Gasteiger charge is 2.19. The van der Waals surface area contributed by atoms with Gasteiger partial charge in [0.1, 0.15) is 16.5 Å². The van der Waals surface area contributed by atoms with Crippen molar-refractivity contribution in [2.75, 3.05) is 7.11 Å². The average Bonchev–Trinajstić information content (AvgIpc) is 3.20. The van der Waals surface area contributed by atoms with Gasteiger partial charge in [-0.15, -0.1) is 11.3 Å². The summed E-state index contributed by atoms with van der Waals surface area (Å²) in [7, 11) is 1.58. The molecule has 4 aromatic rings. The molecule has 1 unspecified atom stereocenters. The SMILES string of the molecule is COc1cccc(/C=c2/s/c(=C(/C#N)C(=O)NC(C)c3ccccc3)n(-c3ccccc3)c2=O)c1. The molecule has 0 bridgehead atoms. The molecule has 0 fully saturated rings. The van der Waals surface area contributed by atoms with Crippen LogP contribution in [0.1, 0.15) is 24.1 Å². The Morgan fingerprint density at radius 1 is 1.06 bits per heavy atom. The normalized spacial score (nSPS) is 13.0. The van der Waals surface area contributed by atoms with Gasteiger partial charge in [0.25, 0.3) is 11.5 Å². The van der Waals surface area contributed by atoms with E-state index in [4.69, 9.17) is 4.74 Å². The van der Waals surface area contributed by atoms with Crippen LogP contribution in [0.15, 0.2) is 89.7 Å². The van der Waals surface area contributed by atoms with Crippen LogP contribution in [0, 0.1) is 11.3 Å². The van der Waals surface area contributed by atoms with Gasteiger partial charge in [0.2, 0.25) is 0 Å². The summed E-state index contributed by atoms with van der Waals surface area (Å²) >= 11 is 1.11. The molecule has 3 aromatic carbocycles. The molecule has 4 rings (SSSR count). The van der Waals surface area contributed by atoms with Crippen LogP contribution in [0.4, 0.5) is 0 Å². The second-order valence-corrected chi connectivity index (χ2v) is 8.79. The Morgan fingerprint density at radius 3 is 2.40 bits per heavy atom. The number of carbonyl (C=O) groups excluding carboxylic acids is 1. The number of nitrogens with one attached hydrogen (secondary N) is 1. The first-order valence-corrected chi connectivity index (χ1v) is 11.8. The third-order valence-corrected chi connectivity index (χ3v) is 6.52. The lowest BCUT2D eigenvalue weighted by atomic mass is 10.1. The predicted molar refractivity (Wildman–Crippen MR) is 138 cm³/mol. The summed E-state index contributed by atoms with van der Waals surface area (Å²) in [6, 6.07) is 27.5. The Kier molecular flexibility index (Phi) is 7.24. The fourth-order valence-corrected chi connectivity index (χ4v) is 4.74. The molecule has 0 spiro atoms. The monoisotopic (exact) mass is 481 g/mol. The van der Waals surface area contributed by atoms with Crippen molar-refractivity contribution >= 4 is 28.9 Å². The molecule has 0 radical (unpaired) electrons. The predicted octanol–water partition coefficient (Wildman–Crippen LogP) is 3.29. The van der Waals surface area contributed by atoms with E-state index in [2.05, 4.69) is 5.32 Å². The molecule has 0 saturated carbocycles. The van der Waals surface area contributed by atoms with E-state index in [9.17, 15) is 14.9 Å². The standard InChI is InChI=1S/C28H23N3O3S/c1-19(21-11-5-3-6-12-21)30-26(32)24(18-29)28-31(22-13-7-4-8-14-22)27(33)25(35-28)17-20-10-9-15-23(16-20)34-2/h3-17,19H,1-2H3,(H,30,32)/b25-17+,28-24-. The molecule has 1 atom stereocenters. The number of hydrogen-bond acceptors (Lipinski definition) is 5. The lowest BCUT2D eigenvalue weighted by Gasteiger charge is -2.13. The summed E-state index contributed by atoms with van der Waals surface area (Å²) in [6.45, 7) is 1.85. The Balaban J connectivity index is 1.89. The lowest BCUT2D eigenvalue weighted by molar-refractivity contribution is -0.116. The minimum atomic E-state index is -0.539. The Bertz CT molecular complexity index is 1570. The number of thiazole rings is 1. The molecule has 35 heavy (non-hydrogen) atoms. The molecule has 1 N–H and O–H groups in total. The number of aromatic nitrogens is 1. The summed E-state index contributed by atoms with van der Waals surface area (Å²) in [5.74, 6) is 0.125. The highest BCUT2D eigenvalue weighted by Crippen LogP contribution is 2.14. The molecule has 1 heterocycles. The van der Waals surface area contributed by atoms with Crippen LogP contribution in [0.25, 0.3) is 17.3 Å². The third-order valence-electron chi connectivity index (χ3n) is 5.43. The van der Waals surface area contributed by atoms with Crippen molar-refractivity contribution in [3.8, 4) is 17.5 Å². The van der Waals surface area contributed by atoms with Crippen LogP contribution >= 0.6 is 11.3 Å². The van der Waals surface area contributed by atoms with Crippen LogP contribution in [0.3, 0.4) is 0 Å². The minimum Gasteiger partial charge on any atom is -0.497 e. The van der Waals surface area contributed by atoms with Crippen molar-refractivity contribution in [3.63, 3.8) is 0 Å². The lowest BCUT2D eigenvalue weighted by Crippen LogP contribution is -2.34. The number of carbonyl (C=O) groups is 1. The Morgan fingerprint density at radius 2 is 1.74 bits per heavy atom. The number of ether oxygens (including phenoxy) is 1. The van der Waals surface area contributed by atoms with E-state index >= 15 is 0 Å². The first-order chi connectivity index (χ1) is 17.0. The summed E-state index contributed by atoms with van der Waals surface area (Å²) < 4.78 is 7.37. The quantitative estimate of drug-likeness (QED) is 0.458. The zero-order chi connectivity index (χ0) is 24.8.